The average molecular weight is 123 g/mol. The zero-order chi connectivity index (χ0) is 6.08. The molecule has 0 aromatic heterocycles. The van der Waals surface area contributed by atoms with E-state index in [0.29, 0.717) is 0 Å². The van der Waals surface area contributed by atoms with Crippen molar-refractivity contribution in [3.05, 3.63) is 0 Å². The summed E-state index contributed by atoms with van der Waals surface area (Å²) in [5.41, 5.74) is -1.37. The summed E-state index contributed by atoms with van der Waals surface area (Å²) >= 11 is 4.86. The van der Waals surface area contributed by atoms with Gasteiger partial charge in [0.05, 0.1) is 0 Å². The second-order valence-corrected chi connectivity index (χ2v) is 2.18. The Morgan fingerprint density at radius 1 is 1.71 bits per heavy atom. The van der Waals surface area contributed by atoms with Gasteiger partial charge in [0.2, 0.25) is 0 Å². The van der Waals surface area contributed by atoms with E-state index in [9.17, 15) is 4.79 Å². The van der Waals surface area contributed by atoms with Crippen LogP contribution in [0.4, 0.5) is 0 Å². The lowest BCUT2D eigenvalue weighted by Crippen LogP contribution is -2.26. The van der Waals surface area contributed by atoms with Gasteiger partial charge >= 0.3 is 0 Å². The quantitative estimate of drug-likeness (QED) is 0.515. The number of halogens is 1. The summed E-state index contributed by atoms with van der Waals surface area (Å²) < 4.78 is 0. The van der Waals surface area contributed by atoms with Crippen LogP contribution in [0.5, 0.6) is 0 Å². The van der Waals surface area contributed by atoms with E-state index in [1.807, 2.05) is 0 Å². The summed E-state index contributed by atoms with van der Waals surface area (Å²) in [5, 5.41) is 7.88. The van der Waals surface area contributed by atoms with E-state index in [4.69, 9.17) is 16.7 Å². The molecular formula is C4H7ClO2. The van der Waals surface area contributed by atoms with Gasteiger partial charge in [-0.1, -0.05) is 0 Å². The SMILES string of the molecule is CC(C)(O)C(=O)Cl. The van der Waals surface area contributed by atoms with Crippen LogP contribution in [0.2, 0.25) is 0 Å². The minimum Gasteiger partial charge on any atom is -0.381 e. The largest absolute Gasteiger partial charge is 0.381 e. The standard InChI is InChI=1S/C4H7ClO2/c1-4(2,7)3(5)6/h7H,1-2H3. The second kappa shape index (κ2) is 1.80. The van der Waals surface area contributed by atoms with Crippen LogP contribution in [0.3, 0.4) is 0 Å². The van der Waals surface area contributed by atoms with Gasteiger partial charge in [-0.3, -0.25) is 4.79 Å². The molecule has 0 aliphatic heterocycles. The average Bonchev–Trinajstić information content (AvgIpc) is 1.31. The van der Waals surface area contributed by atoms with Gasteiger partial charge in [-0.2, -0.15) is 0 Å². The highest BCUT2D eigenvalue weighted by Gasteiger charge is 2.20. The highest BCUT2D eigenvalue weighted by Crippen LogP contribution is 2.04. The van der Waals surface area contributed by atoms with Crippen molar-refractivity contribution in [2.24, 2.45) is 0 Å². The fourth-order valence-electron chi connectivity index (χ4n) is 0. The van der Waals surface area contributed by atoms with E-state index in [1.54, 1.807) is 0 Å². The van der Waals surface area contributed by atoms with Crippen LogP contribution in [-0.4, -0.2) is 16.0 Å². The van der Waals surface area contributed by atoms with Gasteiger partial charge in [0.15, 0.2) is 0 Å². The molecule has 0 aromatic carbocycles. The topological polar surface area (TPSA) is 37.3 Å². The minimum atomic E-state index is -1.37. The first-order valence-electron chi connectivity index (χ1n) is 1.87. The molecular weight excluding hydrogens is 115 g/mol. The predicted molar refractivity (Wildman–Crippen MR) is 27.2 cm³/mol. The van der Waals surface area contributed by atoms with E-state index in [0.717, 1.165) is 0 Å². The Morgan fingerprint density at radius 2 is 1.86 bits per heavy atom. The molecule has 0 rings (SSSR count). The molecule has 0 aliphatic carbocycles. The third kappa shape index (κ3) is 2.60. The fraction of sp³-hybridized carbons (Fsp3) is 0.750. The van der Waals surface area contributed by atoms with Gasteiger partial charge in [0.25, 0.3) is 5.24 Å². The van der Waals surface area contributed by atoms with Crippen LogP contribution < -0.4 is 0 Å². The number of hydrogen-bond acceptors (Lipinski definition) is 2. The van der Waals surface area contributed by atoms with Crippen molar-refractivity contribution < 1.29 is 9.90 Å². The summed E-state index contributed by atoms with van der Waals surface area (Å²) in [5.74, 6) is 0. The Bertz CT molecular complexity index is 82.2. The molecule has 2 nitrogen and oxygen atoms in total. The Kier molecular flexibility index (Phi) is 1.78. The number of hydrogen-bond donors (Lipinski definition) is 1. The predicted octanol–water partition coefficient (Wildman–Crippen LogP) is 0.523. The minimum absolute atomic E-state index is 0.729. The van der Waals surface area contributed by atoms with Crippen molar-refractivity contribution in [1.82, 2.24) is 0 Å². The smallest absolute Gasteiger partial charge is 0.252 e. The number of carbonyl (C=O) groups excluding carboxylic acids is 1. The maximum atomic E-state index is 9.98. The monoisotopic (exact) mass is 122 g/mol. The molecule has 0 saturated heterocycles. The van der Waals surface area contributed by atoms with Crippen LogP contribution in [0.25, 0.3) is 0 Å². The van der Waals surface area contributed by atoms with Gasteiger partial charge in [-0.25, -0.2) is 0 Å². The van der Waals surface area contributed by atoms with Crippen molar-refractivity contribution >= 4 is 16.8 Å². The van der Waals surface area contributed by atoms with Gasteiger partial charge in [0.1, 0.15) is 5.60 Å². The first-order chi connectivity index (χ1) is 2.94. The van der Waals surface area contributed by atoms with E-state index < -0.39 is 10.8 Å². The van der Waals surface area contributed by atoms with Crippen molar-refractivity contribution in [1.29, 1.82) is 0 Å². The molecule has 0 bridgehead atoms. The molecule has 0 fully saturated rings. The van der Waals surface area contributed by atoms with Crippen LogP contribution in [0.1, 0.15) is 13.8 Å². The lowest BCUT2D eigenvalue weighted by atomic mass is 10.2. The van der Waals surface area contributed by atoms with E-state index in [-0.39, 0.29) is 0 Å². The molecule has 0 aliphatic rings. The third-order valence-corrected chi connectivity index (χ3v) is 0.943. The molecule has 0 amide bonds. The van der Waals surface area contributed by atoms with Crippen molar-refractivity contribution in [2.45, 2.75) is 19.4 Å². The molecule has 0 unspecified atom stereocenters. The third-order valence-electron chi connectivity index (χ3n) is 0.481. The van der Waals surface area contributed by atoms with E-state index in [1.165, 1.54) is 13.8 Å². The number of carbonyl (C=O) groups is 1. The van der Waals surface area contributed by atoms with Gasteiger partial charge < -0.3 is 5.11 Å². The molecule has 0 saturated carbocycles. The highest BCUT2D eigenvalue weighted by atomic mass is 35.5. The first kappa shape index (κ1) is 6.92. The summed E-state index contributed by atoms with van der Waals surface area (Å²) in [7, 11) is 0. The van der Waals surface area contributed by atoms with Crippen LogP contribution in [0.15, 0.2) is 0 Å². The molecule has 0 radical (unpaired) electrons. The highest BCUT2D eigenvalue weighted by molar-refractivity contribution is 6.65. The van der Waals surface area contributed by atoms with Gasteiger partial charge in [-0.05, 0) is 25.4 Å². The van der Waals surface area contributed by atoms with Crippen molar-refractivity contribution in [3.8, 4) is 0 Å². The molecule has 0 spiro atoms. The lowest BCUT2D eigenvalue weighted by Gasteiger charge is -2.07. The summed E-state index contributed by atoms with van der Waals surface area (Å²) in [6, 6.07) is 0. The van der Waals surface area contributed by atoms with Crippen LogP contribution in [-0.2, 0) is 4.79 Å². The fourth-order valence-corrected chi connectivity index (χ4v) is 0. The molecule has 42 valence electrons. The Balaban J connectivity index is 3.79. The maximum Gasteiger partial charge on any atom is 0.252 e. The van der Waals surface area contributed by atoms with Crippen molar-refractivity contribution in [3.63, 3.8) is 0 Å². The molecule has 3 heteroatoms. The molecule has 0 atom stereocenters. The number of rotatable bonds is 1. The number of aliphatic hydroxyl groups is 1. The maximum absolute atomic E-state index is 9.98. The molecule has 1 N–H and O–H groups in total. The first-order valence-corrected chi connectivity index (χ1v) is 2.24. The van der Waals surface area contributed by atoms with Gasteiger partial charge in [0, 0.05) is 0 Å². The molecule has 0 aromatic rings. The van der Waals surface area contributed by atoms with E-state index in [2.05, 4.69) is 0 Å². The Hall–Kier alpha value is -0.0800. The molecule has 0 heterocycles. The Morgan fingerprint density at radius 3 is 1.86 bits per heavy atom. The lowest BCUT2D eigenvalue weighted by molar-refractivity contribution is -0.125. The normalized spacial score (nSPS) is 11.4. The zero-order valence-electron chi connectivity index (χ0n) is 4.23. The Labute approximate surface area is 47.1 Å². The zero-order valence-corrected chi connectivity index (χ0v) is 4.99. The van der Waals surface area contributed by atoms with E-state index >= 15 is 0 Å². The summed E-state index contributed by atoms with van der Waals surface area (Å²) in [6.07, 6.45) is 0. The van der Waals surface area contributed by atoms with Crippen LogP contribution >= 0.6 is 11.6 Å². The second-order valence-electron chi connectivity index (χ2n) is 1.83. The summed E-state index contributed by atoms with van der Waals surface area (Å²) in [6.45, 7) is 2.67. The molecule has 7 heavy (non-hydrogen) atoms. The van der Waals surface area contributed by atoms with Crippen LogP contribution in [0, 0.1) is 0 Å². The van der Waals surface area contributed by atoms with Crippen molar-refractivity contribution in [2.75, 3.05) is 0 Å². The van der Waals surface area contributed by atoms with Gasteiger partial charge in [-0.15, -0.1) is 0 Å². The summed E-state index contributed by atoms with van der Waals surface area (Å²) in [4.78, 5) is 9.98.